The van der Waals surface area contributed by atoms with Crippen molar-refractivity contribution in [3.63, 3.8) is 0 Å². The van der Waals surface area contributed by atoms with Gasteiger partial charge in [0.2, 0.25) is 5.91 Å². The summed E-state index contributed by atoms with van der Waals surface area (Å²) in [6.45, 7) is 7.90. The van der Waals surface area contributed by atoms with Crippen LogP contribution in [-0.2, 0) is 4.79 Å². The van der Waals surface area contributed by atoms with Crippen LogP contribution in [-0.4, -0.2) is 19.0 Å². The third kappa shape index (κ3) is 2.60. The monoisotopic (exact) mass is 232 g/mol. The number of benzene rings is 1. The van der Waals surface area contributed by atoms with Gasteiger partial charge in [0.25, 0.3) is 0 Å². The van der Waals surface area contributed by atoms with E-state index in [-0.39, 0.29) is 5.91 Å². The van der Waals surface area contributed by atoms with Gasteiger partial charge < -0.3 is 10.2 Å². The average Bonchev–Trinajstić information content (AvgIpc) is 2.74. The van der Waals surface area contributed by atoms with Crippen LogP contribution in [0.4, 0.5) is 11.4 Å². The van der Waals surface area contributed by atoms with Gasteiger partial charge in [-0.2, -0.15) is 0 Å². The molecule has 2 rings (SSSR count). The van der Waals surface area contributed by atoms with Gasteiger partial charge in [0.05, 0.1) is 11.4 Å². The van der Waals surface area contributed by atoms with Gasteiger partial charge in [-0.15, -0.1) is 0 Å². The maximum Gasteiger partial charge on any atom is 0.221 e. The summed E-state index contributed by atoms with van der Waals surface area (Å²) in [5.41, 5.74) is 4.54. The van der Waals surface area contributed by atoms with Crippen LogP contribution in [0.3, 0.4) is 0 Å². The Balaban J connectivity index is 2.42. The minimum Gasteiger partial charge on any atom is -0.370 e. The quantitative estimate of drug-likeness (QED) is 0.850. The molecule has 0 aliphatic carbocycles. The Morgan fingerprint density at radius 3 is 2.47 bits per heavy atom. The second-order valence-electron chi connectivity index (χ2n) is 4.85. The normalized spacial score (nSPS) is 15.1. The highest BCUT2D eigenvalue weighted by atomic mass is 16.1. The van der Waals surface area contributed by atoms with Gasteiger partial charge in [-0.25, -0.2) is 0 Å². The van der Waals surface area contributed by atoms with E-state index in [1.807, 2.05) is 0 Å². The van der Waals surface area contributed by atoms with E-state index in [0.717, 1.165) is 24.3 Å². The summed E-state index contributed by atoms with van der Waals surface area (Å²) in [5, 5.41) is 2.97. The molecule has 0 spiro atoms. The zero-order valence-electron chi connectivity index (χ0n) is 10.8. The predicted molar refractivity (Wildman–Crippen MR) is 71.7 cm³/mol. The van der Waals surface area contributed by atoms with Gasteiger partial charge in [-0.1, -0.05) is 6.07 Å². The molecule has 0 unspecified atom stereocenters. The zero-order valence-corrected chi connectivity index (χ0v) is 10.8. The Hall–Kier alpha value is -1.51. The lowest BCUT2D eigenvalue weighted by Gasteiger charge is -2.23. The number of nitrogens with one attached hydrogen (secondary N) is 1. The molecule has 0 aromatic heterocycles. The molecule has 3 heteroatoms. The van der Waals surface area contributed by atoms with Crippen LogP contribution in [0.2, 0.25) is 0 Å². The van der Waals surface area contributed by atoms with E-state index in [1.165, 1.54) is 24.1 Å². The molecule has 17 heavy (non-hydrogen) atoms. The van der Waals surface area contributed by atoms with Gasteiger partial charge in [0.15, 0.2) is 0 Å². The van der Waals surface area contributed by atoms with Crippen LogP contribution in [0.1, 0.15) is 30.9 Å². The first-order valence-corrected chi connectivity index (χ1v) is 6.21. The first kappa shape index (κ1) is 12.0. The third-order valence-corrected chi connectivity index (χ3v) is 3.21. The number of amides is 1. The van der Waals surface area contributed by atoms with E-state index in [1.54, 1.807) is 6.92 Å². The van der Waals surface area contributed by atoms with Crippen LogP contribution < -0.4 is 10.2 Å². The molecule has 0 radical (unpaired) electrons. The first-order chi connectivity index (χ1) is 8.08. The molecule has 1 saturated heterocycles. The van der Waals surface area contributed by atoms with Crippen molar-refractivity contribution in [2.24, 2.45) is 0 Å². The number of anilines is 2. The molecule has 1 N–H and O–H groups in total. The summed E-state index contributed by atoms with van der Waals surface area (Å²) in [6, 6.07) is 4.29. The average molecular weight is 232 g/mol. The molecule has 1 fully saturated rings. The third-order valence-electron chi connectivity index (χ3n) is 3.21. The summed E-state index contributed by atoms with van der Waals surface area (Å²) in [7, 11) is 0. The van der Waals surface area contributed by atoms with Crippen molar-refractivity contribution in [2.75, 3.05) is 23.3 Å². The van der Waals surface area contributed by atoms with Gasteiger partial charge in [0, 0.05) is 20.0 Å². The fraction of sp³-hybridized carbons (Fsp3) is 0.500. The van der Waals surface area contributed by atoms with Crippen LogP contribution in [0.25, 0.3) is 0 Å². The molecule has 1 aliphatic rings. The first-order valence-electron chi connectivity index (χ1n) is 6.21. The molecule has 0 saturated carbocycles. The molecule has 0 atom stereocenters. The lowest BCUT2D eigenvalue weighted by molar-refractivity contribution is -0.114. The largest absolute Gasteiger partial charge is 0.370 e. The summed E-state index contributed by atoms with van der Waals surface area (Å²) in [4.78, 5) is 13.7. The molecule has 1 heterocycles. The standard InChI is InChI=1S/C14H20N2O/c1-10-8-11(2)14(15-12(3)17)13(9-10)16-6-4-5-7-16/h8-9H,4-7H2,1-3H3,(H,15,17). The fourth-order valence-corrected chi connectivity index (χ4v) is 2.49. The number of hydrogen-bond donors (Lipinski definition) is 1. The topological polar surface area (TPSA) is 32.3 Å². The van der Waals surface area contributed by atoms with Crippen molar-refractivity contribution >= 4 is 17.3 Å². The smallest absolute Gasteiger partial charge is 0.221 e. The fourth-order valence-electron chi connectivity index (χ4n) is 2.49. The summed E-state index contributed by atoms with van der Waals surface area (Å²) < 4.78 is 0. The van der Waals surface area contributed by atoms with Crippen LogP contribution >= 0.6 is 0 Å². The maximum absolute atomic E-state index is 11.3. The van der Waals surface area contributed by atoms with Crippen LogP contribution in [0.15, 0.2) is 12.1 Å². The number of nitrogens with zero attached hydrogens (tertiary/aromatic N) is 1. The lowest BCUT2D eigenvalue weighted by Crippen LogP contribution is -2.21. The molecule has 0 bridgehead atoms. The minimum absolute atomic E-state index is 0.00241. The Morgan fingerprint density at radius 2 is 1.88 bits per heavy atom. The van der Waals surface area contributed by atoms with E-state index in [4.69, 9.17) is 0 Å². The highest BCUT2D eigenvalue weighted by Crippen LogP contribution is 2.33. The zero-order chi connectivity index (χ0) is 12.4. The molecule has 1 aliphatic heterocycles. The van der Waals surface area contributed by atoms with Crippen LogP contribution in [0, 0.1) is 13.8 Å². The van der Waals surface area contributed by atoms with E-state index >= 15 is 0 Å². The summed E-state index contributed by atoms with van der Waals surface area (Å²) >= 11 is 0. The molecule has 1 amide bonds. The van der Waals surface area contributed by atoms with Crippen molar-refractivity contribution in [3.8, 4) is 0 Å². The van der Waals surface area contributed by atoms with Crippen molar-refractivity contribution in [1.29, 1.82) is 0 Å². The second kappa shape index (κ2) is 4.78. The molecule has 1 aromatic carbocycles. The highest BCUT2D eigenvalue weighted by molar-refractivity contribution is 5.94. The van der Waals surface area contributed by atoms with Crippen molar-refractivity contribution in [2.45, 2.75) is 33.6 Å². The van der Waals surface area contributed by atoms with Crippen molar-refractivity contribution in [3.05, 3.63) is 23.3 Å². The van der Waals surface area contributed by atoms with E-state index in [2.05, 4.69) is 36.2 Å². The Bertz CT molecular complexity index is 434. The summed E-state index contributed by atoms with van der Waals surface area (Å²) in [6.07, 6.45) is 2.49. The van der Waals surface area contributed by atoms with Gasteiger partial charge in [0.1, 0.15) is 0 Å². The maximum atomic E-state index is 11.3. The Kier molecular flexibility index (Phi) is 3.36. The number of hydrogen-bond acceptors (Lipinski definition) is 2. The molecule has 3 nitrogen and oxygen atoms in total. The second-order valence-corrected chi connectivity index (χ2v) is 4.85. The Morgan fingerprint density at radius 1 is 1.24 bits per heavy atom. The number of carbonyl (C=O) groups excluding carboxylic acids is 1. The van der Waals surface area contributed by atoms with E-state index in [9.17, 15) is 4.79 Å². The lowest BCUT2D eigenvalue weighted by atomic mass is 10.1. The number of aryl methyl sites for hydroxylation is 2. The number of carbonyl (C=O) groups is 1. The SMILES string of the molecule is CC(=O)Nc1c(C)cc(C)cc1N1CCCC1. The van der Waals surface area contributed by atoms with E-state index < -0.39 is 0 Å². The van der Waals surface area contributed by atoms with Gasteiger partial charge in [-0.05, 0) is 43.9 Å². The number of rotatable bonds is 2. The minimum atomic E-state index is -0.00241. The molecule has 1 aromatic rings. The van der Waals surface area contributed by atoms with E-state index in [0.29, 0.717) is 0 Å². The van der Waals surface area contributed by atoms with Crippen molar-refractivity contribution in [1.82, 2.24) is 0 Å². The van der Waals surface area contributed by atoms with Crippen molar-refractivity contribution < 1.29 is 4.79 Å². The van der Waals surface area contributed by atoms with Gasteiger partial charge >= 0.3 is 0 Å². The Labute approximate surface area is 103 Å². The summed E-state index contributed by atoms with van der Waals surface area (Å²) in [5.74, 6) is -0.00241. The molecular formula is C14H20N2O. The van der Waals surface area contributed by atoms with Crippen LogP contribution in [0.5, 0.6) is 0 Å². The van der Waals surface area contributed by atoms with Gasteiger partial charge in [-0.3, -0.25) is 4.79 Å². The molecular weight excluding hydrogens is 212 g/mol. The molecule has 92 valence electrons. The highest BCUT2D eigenvalue weighted by Gasteiger charge is 2.18. The predicted octanol–water partition coefficient (Wildman–Crippen LogP) is 2.86.